The minimum atomic E-state index is -0.798. The van der Waals surface area contributed by atoms with Gasteiger partial charge < -0.3 is 25.3 Å². The molecule has 0 spiro atoms. The van der Waals surface area contributed by atoms with Crippen LogP contribution in [0.15, 0.2) is 25.0 Å². The maximum absolute atomic E-state index is 12.4. The number of hydrogen-bond acceptors (Lipinski definition) is 7. The van der Waals surface area contributed by atoms with E-state index < -0.39 is 5.41 Å². The van der Waals surface area contributed by atoms with Gasteiger partial charge in [-0.1, -0.05) is 6.58 Å². The lowest BCUT2D eigenvalue weighted by Gasteiger charge is -2.23. The van der Waals surface area contributed by atoms with E-state index in [9.17, 15) is 14.9 Å². The van der Waals surface area contributed by atoms with Crippen molar-refractivity contribution in [3.8, 4) is 6.07 Å². The number of hydrogen-bond donors (Lipinski definition) is 3. The van der Waals surface area contributed by atoms with Crippen LogP contribution in [0.3, 0.4) is 0 Å². The molecule has 2 atom stereocenters. The second kappa shape index (κ2) is 8.28. The molecule has 3 heterocycles. The molecule has 1 unspecified atom stereocenters. The quantitative estimate of drug-likeness (QED) is 0.461. The van der Waals surface area contributed by atoms with Crippen LogP contribution in [-0.4, -0.2) is 71.1 Å². The Hall–Kier alpha value is -3.45. The molecule has 0 bridgehead atoms. The normalized spacial score (nSPS) is 21.0. The largest absolute Gasteiger partial charge is 0.383 e. The zero-order valence-electron chi connectivity index (χ0n) is 16.4. The first kappa shape index (κ1) is 20.3. The standard InChI is InChI=1S/C19H23N7O3/c1-4-15(27)26-9-13(19(2,10-20)11-26)24-14-8-23-17-16(25-14)12(7-22-17)18(28)21-5-6-29-3/h4,7-8,13H,1,5-6,9,11H2,2-3H3,(H,21,28)(H,22,23)(H,24,25)/t13?,19-/m1/s1. The van der Waals surface area contributed by atoms with Crippen LogP contribution in [0.1, 0.15) is 17.3 Å². The minimum Gasteiger partial charge on any atom is -0.383 e. The number of aromatic amines is 1. The molecule has 0 aliphatic carbocycles. The highest BCUT2D eigenvalue weighted by Crippen LogP contribution is 2.32. The van der Waals surface area contributed by atoms with E-state index in [1.807, 2.05) is 0 Å². The molecule has 1 saturated heterocycles. The smallest absolute Gasteiger partial charge is 0.255 e. The van der Waals surface area contributed by atoms with Gasteiger partial charge in [-0.25, -0.2) is 9.97 Å². The number of ether oxygens (including phenoxy) is 1. The highest BCUT2D eigenvalue weighted by Gasteiger charge is 2.45. The first-order chi connectivity index (χ1) is 13.9. The average Bonchev–Trinajstić information content (AvgIpc) is 3.29. The maximum Gasteiger partial charge on any atom is 0.255 e. The third-order valence-electron chi connectivity index (χ3n) is 4.97. The van der Waals surface area contributed by atoms with Gasteiger partial charge in [0.05, 0.1) is 35.9 Å². The van der Waals surface area contributed by atoms with E-state index >= 15 is 0 Å². The average molecular weight is 397 g/mol. The molecule has 152 valence electrons. The number of nitriles is 1. The molecule has 3 rings (SSSR count). The summed E-state index contributed by atoms with van der Waals surface area (Å²) in [7, 11) is 1.56. The summed E-state index contributed by atoms with van der Waals surface area (Å²) < 4.78 is 4.93. The van der Waals surface area contributed by atoms with Gasteiger partial charge >= 0.3 is 0 Å². The topological polar surface area (TPSA) is 136 Å². The highest BCUT2D eigenvalue weighted by atomic mass is 16.5. The predicted octanol–water partition coefficient (Wildman–Crippen LogP) is 0.673. The van der Waals surface area contributed by atoms with Gasteiger partial charge in [-0.3, -0.25) is 9.59 Å². The van der Waals surface area contributed by atoms with E-state index in [1.54, 1.807) is 25.1 Å². The number of carbonyl (C=O) groups excluding carboxylic acids is 2. The molecule has 1 fully saturated rings. The zero-order chi connectivity index (χ0) is 21.0. The summed E-state index contributed by atoms with van der Waals surface area (Å²) in [6, 6.07) is 1.94. The van der Waals surface area contributed by atoms with Gasteiger partial charge in [0.1, 0.15) is 11.3 Å². The summed E-state index contributed by atoms with van der Waals surface area (Å²) in [5, 5.41) is 15.6. The Bertz CT molecular complexity index is 980. The summed E-state index contributed by atoms with van der Waals surface area (Å²) >= 11 is 0. The van der Waals surface area contributed by atoms with Crippen molar-refractivity contribution in [1.82, 2.24) is 25.2 Å². The van der Waals surface area contributed by atoms with Gasteiger partial charge in [0.2, 0.25) is 5.91 Å². The van der Waals surface area contributed by atoms with Crippen LogP contribution in [0.4, 0.5) is 5.82 Å². The Morgan fingerprint density at radius 3 is 3.07 bits per heavy atom. The van der Waals surface area contributed by atoms with Crippen LogP contribution in [0.25, 0.3) is 11.2 Å². The van der Waals surface area contributed by atoms with Gasteiger partial charge in [-0.2, -0.15) is 5.26 Å². The van der Waals surface area contributed by atoms with Crippen molar-refractivity contribution in [2.75, 3.05) is 38.7 Å². The molecule has 0 radical (unpaired) electrons. The molecule has 2 amide bonds. The number of rotatable bonds is 7. The van der Waals surface area contributed by atoms with E-state index in [0.717, 1.165) is 0 Å². The fraction of sp³-hybridized carbons (Fsp3) is 0.421. The van der Waals surface area contributed by atoms with E-state index in [0.29, 0.717) is 48.8 Å². The second-order valence-electron chi connectivity index (χ2n) is 7.05. The lowest BCUT2D eigenvalue weighted by molar-refractivity contribution is -0.125. The number of methoxy groups -OCH3 is 1. The molecule has 0 saturated carbocycles. The monoisotopic (exact) mass is 397 g/mol. The van der Waals surface area contributed by atoms with Crippen molar-refractivity contribution in [2.45, 2.75) is 13.0 Å². The Kier molecular flexibility index (Phi) is 5.79. The van der Waals surface area contributed by atoms with Crippen LogP contribution in [0.2, 0.25) is 0 Å². The Balaban J connectivity index is 1.82. The van der Waals surface area contributed by atoms with E-state index in [-0.39, 0.29) is 17.9 Å². The number of fused-ring (bicyclic) bond motifs is 1. The molecule has 0 aromatic carbocycles. The molecular formula is C19H23N7O3. The molecule has 2 aromatic rings. The van der Waals surface area contributed by atoms with Crippen LogP contribution in [-0.2, 0) is 9.53 Å². The van der Waals surface area contributed by atoms with Crippen molar-refractivity contribution in [2.24, 2.45) is 5.41 Å². The number of nitrogens with zero attached hydrogens (tertiary/aromatic N) is 4. The molecule has 1 aliphatic heterocycles. The Labute approximate surface area is 167 Å². The van der Waals surface area contributed by atoms with Crippen LogP contribution >= 0.6 is 0 Å². The van der Waals surface area contributed by atoms with E-state index in [4.69, 9.17) is 4.74 Å². The summed E-state index contributed by atoms with van der Waals surface area (Å²) in [5.41, 5.74) is 0.463. The number of carbonyl (C=O) groups is 2. The fourth-order valence-corrected chi connectivity index (χ4v) is 3.28. The number of nitrogens with one attached hydrogen (secondary N) is 3. The molecular weight excluding hydrogens is 374 g/mol. The first-order valence-electron chi connectivity index (χ1n) is 9.12. The zero-order valence-corrected chi connectivity index (χ0v) is 16.4. The third kappa shape index (κ3) is 4.05. The number of anilines is 1. The number of aromatic nitrogens is 3. The number of amides is 2. The van der Waals surface area contributed by atoms with Crippen LogP contribution in [0.5, 0.6) is 0 Å². The summed E-state index contributed by atoms with van der Waals surface area (Å²) in [4.78, 5) is 37.7. The molecule has 29 heavy (non-hydrogen) atoms. The fourth-order valence-electron chi connectivity index (χ4n) is 3.28. The molecule has 3 N–H and O–H groups in total. The highest BCUT2D eigenvalue weighted by molar-refractivity contribution is 6.04. The van der Waals surface area contributed by atoms with Crippen LogP contribution < -0.4 is 10.6 Å². The van der Waals surface area contributed by atoms with Gasteiger partial charge in [-0.05, 0) is 13.0 Å². The summed E-state index contributed by atoms with van der Waals surface area (Å²) in [6.45, 7) is 6.70. The van der Waals surface area contributed by atoms with E-state index in [2.05, 4.69) is 38.2 Å². The summed E-state index contributed by atoms with van der Waals surface area (Å²) in [6.07, 6.45) is 4.32. The first-order valence-corrected chi connectivity index (χ1v) is 9.12. The van der Waals surface area contributed by atoms with Gasteiger partial charge in [0.15, 0.2) is 5.65 Å². The lowest BCUT2D eigenvalue weighted by Crippen LogP contribution is -2.36. The SMILES string of the molecule is C=CC(=O)N1CC(Nc2cnc3[nH]cc(C(=O)NCCOC)c3n2)[C@](C)(C#N)C1. The van der Waals surface area contributed by atoms with E-state index in [1.165, 1.54) is 12.3 Å². The molecule has 10 nitrogen and oxygen atoms in total. The third-order valence-corrected chi connectivity index (χ3v) is 4.97. The van der Waals surface area contributed by atoms with Crippen molar-refractivity contribution in [1.29, 1.82) is 5.26 Å². The van der Waals surface area contributed by atoms with Crippen molar-refractivity contribution < 1.29 is 14.3 Å². The Morgan fingerprint density at radius 1 is 1.59 bits per heavy atom. The van der Waals surface area contributed by atoms with Gasteiger partial charge in [-0.15, -0.1) is 0 Å². The van der Waals surface area contributed by atoms with Crippen molar-refractivity contribution in [3.63, 3.8) is 0 Å². The number of H-pyrrole nitrogens is 1. The van der Waals surface area contributed by atoms with Crippen LogP contribution in [0, 0.1) is 16.7 Å². The molecule has 1 aliphatic rings. The summed E-state index contributed by atoms with van der Waals surface area (Å²) in [5.74, 6) is -0.0920. The van der Waals surface area contributed by atoms with Crippen molar-refractivity contribution in [3.05, 3.63) is 30.6 Å². The minimum absolute atomic E-state index is 0.224. The maximum atomic E-state index is 12.4. The number of likely N-dealkylation sites (tertiary alicyclic amines) is 1. The lowest BCUT2D eigenvalue weighted by atomic mass is 9.87. The predicted molar refractivity (Wildman–Crippen MR) is 106 cm³/mol. The van der Waals surface area contributed by atoms with Gasteiger partial charge in [0.25, 0.3) is 5.91 Å². The molecule has 2 aromatic heterocycles. The van der Waals surface area contributed by atoms with Gasteiger partial charge in [0, 0.05) is 32.9 Å². The Morgan fingerprint density at radius 2 is 2.38 bits per heavy atom. The molecule has 10 heteroatoms. The van der Waals surface area contributed by atoms with Crippen molar-refractivity contribution >= 4 is 28.8 Å². The second-order valence-corrected chi connectivity index (χ2v) is 7.05.